The van der Waals surface area contributed by atoms with Crippen LogP contribution in [0.1, 0.15) is 28.4 Å². The van der Waals surface area contributed by atoms with Gasteiger partial charge in [0, 0.05) is 19.0 Å². The molecule has 0 aliphatic carbocycles. The zero-order chi connectivity index (χ0) is 18.2. The van der Waals surface area contributed by atoms with E-state index in [0.29, 0.717) is 24.3 Å². The van der Waals surface area contributed by atoms with Gasteiger partial charge >= 0.3 is 0 Å². The van der Waals surface area contributed by atoms with E-state index < -0.39 is 0 Å². The largest absolute Gasteiger partial charge is 0.348 e. The molecule has 2 rings (SSSR count). The van der Waals surface area contributed by atoms with Crippen LogP contribution in [0.4, 0.5) is 5.69 Å². The van der Waals surface area contributed by atoms with Crippen LogP contribution < -0.4 is 16.0 Å². The highest BCUT2D eigenvalue weighted by Gasteiger charge is 2.16. The minimum Gasteiger partial charge on any atom is -0.348 e. The molecule has 2 amide bonds. The second kappa shape index (κ2) is 8.99. The second-order valence-corrected chi connectivity index (χ2v) is 6.16. The van der Waals surface area contributed by atoms with Crippen LogP contribution in [0, 0.1) is 12.8 Å². The van der Waals surface area contributed by atoms with Gasteiger partial charge in [0.15, 0.2) is 0 Å². The molecule has 0 bridgehead atoms. The monoisotopic (exact) mass is 339 g/mol. The number of nitrogens with one attached hydrogen (secondary N) is 3. The first-order chi connectivity index (χ1) is 12.0. The number of anilines is 1. The Morgan fingerprint density at radius 3 is 2.40 bits per heavy atom. The molecular weight excluding hydrogens is 314 g/mol. The van der Waals surface area contributed by atoms with Crippen molar-refractivity contribution in [2.24, 2.45) is 5.92 Å². The van der Waals surface area contributed by atoms with Crippen molar-refractivity contribution in [1.82, 2.24) is 10.6 Å². The Morgan fingerprint density at radius 1 is 1.04 bits per heavy atom. The third-order valence-electron chi connectivity index (χ3n) is 3.96. The molecule has 0 saturated carbocycles. The summed E-state index contributed by atoms with van der Waals surface area (Å²) in [7, 11) is 1.80. The van der Waals surface area contributed by atoms with E-state index >= 15 is 0 Å². The summed E-state index contributed by atoms with van der Waals surface area (Å²) in [6, 6.07) is 15.0. The number of rotatable bonds is 7. The summed E-state index contributed by atoms with van der Waals surface area (Å²) in [6.45, 7) is 4.88. The third-order valence-corrected chi connectivity index (χ3v) is 3.96. The van der Waals surface area contributed by atoms with E-state index in [0.717, 1.165) is 5.56 Å². The minimum atomic E-state index is -0.210. The molecular formula is C20H25N3O2. The van der Waals surface area contributed by atoms with Gasteiger partial charge < -0.3 is 16.0 Å². The number of aryl methyl sites for hydroxylation is 1. The first kappa shape index (κ1) is 18.7. The van der Waals surface area contributed by atoms with E-state index in [1.807, 2.05) is 38.1 Å². The molecule has 0 aromatic heterocycles. The zero-order valence-electron chi connectivity index (χ0n) is 14.9. The highest BCUT2D eigenvalue weighted by atomic mass is 16.2. The Morgan fingerprint density at radius 2 is 1.72 bits per heavy atom. The van der Waals surface area contributed by atoms with Crippen LogP contribution in [0.25, 0.3) is 0 Å². The van der Waals surface area contributed by atoms with E-state index in [2.05, 4.69) is 16.0 Å². The van der Waals surface area contributed by atoms with Crippen molar-refractivity contribution >= 4 is 17.5 Å². The number of hydrogen-bond donors (Lipinski definition) is 3. The van der Waals surface area contributed by atoms with Gasteiger partial charge in [0.1, 0.15) is 0 Å². The molecule has 132 valence electrons. The van der Waals surface area contributed by atoms with Gasteiger partial charge in [-0.2, -0.15) is 0 Å². The van der Waals surface area contributed by atoms with Gasteiger partial charge in [-0.15, -0.1) is 0 Å². The third kappa shape index (κ3) is 5.43. The summed E-state index contributed by atoms with van der Waals surface area (Å²) in [5.74, 6) is -0.514. The van der Waals surface area contributed by atoms with Gasteiger partial charge in [0.05, 0.1) is 11.3 Å². The van der Waals surface area contributed by atoms with E-state index in [4.69, 9.17) is 0 Å². The molecule has 3 N–H and O–H groups in total. The number of hydrogen-bond acceptors (Lipinski definition) is 3. The Hall–Kier alpha value is -2.66. The summed E-state index contributed by atoms with van der Waals surface area (Å²) in [5.41, 5.74) is 3.19. The minimum absolute atomic E-state index is 0.117. The smallest absolute Gasteiger partial charge is 0.253 e. The maximum absolute atomic E-state index is 12.5. The average Bonchev–Trinajstić information content (AvgIpc) is 2.61. The highest BCUT2D eigenvalue weighted by Crippen LogP contribution is 2.16. The Labute approximate surface area is 148 Å². The van der Waals surface area contributed by atoms with Crippen LogP contribution in [0.3, 0.4) is 0 Å². The maximum atomic E-state index is 12.5. The summed E-state index contributed by atoms with van der Waals surface area (Å²) in [5, 5.41) is 8.72. The fourth-order valence-corrected chi connectivity index (χ4v) is 2.43. The van der Waals surface area contributed by atoms with Gasteiger partial charge in [-0.1, -0.05) is 48.9 Å². The summed E-state index contributed by atoms with van der Waals surface area (Å²) < 4.78 is 0. The lowest BCUT2D eigenvalue weighted by atomic mass is 10.1. The van der Waals surface area contributed by atoms with Crippen LogP contribution in [0.2, 0.25) is 0 Å². The van der Waals surface area contributed by atoms with Crippen LogP contribution in [0.5, 0.6) is 0 Å². The van der Waals surface area contributed by atoms with E-state index in [-0.39, 0.29) is 17.7 Å². The molecule has 2 aromatic carbocycles. The van der Waals surface area contributed by atoms with E-state index in [1.165, 1.54) is 5.56 Å². The topological polar surface area (TPSA) is 70.2 Å². The van der Waals surface area contributed by atoms with Crippen molar-refractivity contribution in [2.45, 2.75) is 20.4 Å². The van der Waals surface area contributed by atoms with Crippen LogP contribution in [-0.4, -0.2) is 25.4 Å². The van der Waals surface area contributed by atoms with Crippen molar-refractivity contribution in [3.05, 3.63) is 65.2 Å². The molecule has 1 unspecified atom stereocenters. The molecule has 0 aliphatic heterocycles. The lowest BCUT2D eigenvalue weighted by Crippen LogP contribution is -2.30. The molecule has 1 atom stereocenters. The predicted octanol–water partition coefficient (Wildman–Crippen LogP) is 2.72. The quantitative estimate of drug-likeness (QED) is 0.726. The van der Waals surface area contributed by atoms with Crippen molar-refractivity contribution in [3.8, 4) is 0 Å². The molecule has 5 nitrogen and oxygen atoms in total. The number of benzene rings is 2. The van der Waals surface area contributed by atoms with Gasteiger partial charge in [0.25, 0.3) is 5.91 Å². The van der Waals surface area contributed by atoms with E-state index in [1.54, 1.807) is 31.3 Å². The molecule has 0 aliphatic rings. The van der Waals surface area contributed by atoms with Crippen molar-refractivity contribution < 1.29 is 9.59 Å². The Balaban J connectivity index is 2.04. The predicted molar refractivity (Wildman–Crippen MR) is 101 cm³/mol. The second-order valence-electron chi connectivity index (χ2n) is 6.16. The molecule has 0 fully saturated rings. The molecule has 5 heteroatoms. The highest BCUT2D eigenvalue weighted by molar-refractivity contribution is 6.04. The van der Waals surface area contributed by atoms with Crippen LogP contribution in [0.15, 0.2) is 48.5 Å². The Kier molecular flexibility index (Phi) is 6.71. The van der Waals surface area contributed by atoms with Gasteiger partial charge in [0.2, 0.25) is 5.91 Å². The molecule has 0 radical (unpaired) electrons. The van der Waals surface area contributed by atoms with Crippen molar-refractivity contribution in [3.63, 3.8) is 0 Å². The standard InChI is InChI=1S/C20H25N3O2/c1-14-8-10-16(11-9-14)13-22-20(25)17-6-4-5-7-18(17)23-19(24)15(2)12-21-3/h4-11,15,21H,12-13H2,1-3H3,(H,22,25)(H,23,24). The van der Waals surface area contributed by atoms with Gasteiger partial charge in [-0.05, 0) is 31.7 Å². The first-order valence-electron chi connectivity index (χ1n) is 8.39. The lowest BCUT2D eigenvalue weighted by Gasteiger charge is -2.14. The van der Waals surface area contributed by atoms with Gasteiger partial charge in [-0.3, -0.25) is 9.59 Å². The fraction of sp³-hybridized carbons (Fsp3) is 0.300. The molecule has 2 aromatic rings. The number of carbonyl (C=O) groups is 2. The van der Waals surface area contributed by atoms with Crippen LogP contribution >= 0.6 is 0 Å². The molecule has 0 saturated heterocycles. The zero-order valence-corrected chi connectivity index (χ0v) is 14.9. The summed E-state index contributed by atoms with van der Waals surface area (Å²) in [6.07, 6.45) is 0. The number of amides is 2. The van der Waals surface area contributed by atoms with Crippen molar-refractivity contribution in [1.29, 1.82) is 0 Å². The summed E-state index contributed by atoms with van der Waals surface area (Å²) >= 11 is 0. The van der Waals surface area contributed by atoms with Gasteiger partial charge in [-0.25, -0.2) is 0 Å². The number of para-hydroxylation sites is 1. The molecule has 0 spiro atoms. The van der Waals surface area contributed by atoms with Crippen molar-refractivity contribution in [2.75, 3.05) is 18.9 Å². The normalized spacial score (nSPS) is 11.6. The fourth-order valence-electron chi connectivity index (χ4n) is 2.43. The lowest BCUT2D eigenvalue weighted by molar-refractivity contribution is -0.119. The summed E-state index contributed by atoms with van der Waals surface area (Å²) in [4.78, 5) is 24.7. The Bertz CT molecular complexity index is 726. The molecule has 0 heterocycles. The average molecular weight is 339 g/mol. The molecule has 25 heavy (non-hydrogen) atoms. The SMILES string of the molecule is CNCC(C)C(=O)Nc1ccccc1C(=O)NCc1ccc(C)cc1. The van der Waals surface area contributed by atoms with E-state index in [9.17, 15) is 9.59 Å². The van der Waals surface area contributed by atoms with Crippen LogP contribution in [-0.2, 0) is 11.3 Å². The first-order valence-corrected chi connectivity index (χ1v) is 8.39. The maximum Gasteiger partial charge on any atom is 0.253 e. The number of carbonyl (C=O) groups excluding carboxylic acids is 2.